The van der Waals surface area contributed by atoms with Crippen molar-refractivity contribution in [2.75, 3.05) is 6.61 Å². The van der Waals surface area contributed by atoms with E-state index in [1.54, 1.807) is 11.6 Å². The summed E-state index contributed by atoms with van der Waals surface area (Å²) >= 11 is 0. The fourth-order valence-corrected chi connectivity index (χ4v) is 1.56. The molecule has 5 nitrogen and oxygen atoms in total. The van der Waals surface area contributed by atoms with Crippen molar-refractivity contribution < 1.29 is 17.9 Å². The van der Waals surface area contributed by atoms with Gasteiger partial charge in [0.15, 0.2) is 18.0 Å². The van der Waals surface area contributed by atoms with Crippen LogP contribution in [-0.2, 0) is 13.6 Å². The lowest BCUT2D eigenvalue weighted by atomic mass is 10.4. The molecule has 0 saturated carbocycles. The first-order valence-electron chi connectivity index (χ1n) is 5.12. The van der Waals surface area contributed by atoms with Crippen LogP contribution in [0.4, 0.5) is 13.2 Å². The number of rotatable bonds is 3. The molecule has 0 aliphatic heterocycles. The summed E-state index contributed by atoms with van der Waals surface area (Å²) in [6.07, 6.45) is -3.02. The van der Waals surface area contributed by atoms with Crippen LogP contribution in [0.5, 0.6) is 5.75 Å². The van der Waals surface area contributed by atoms with Gasteiger partial charge in [-0.25, -0.2) is 9.97 Å². The quantitative estimate of drug-likeness (QED) is 0.905. The molecule has 2 aromatic heterocycles. The van der Waals surface area contributed by atoms with Gasteiger partial charge in [-0.05, 0) is 0 Å². The van der Waals surface area contributed by atoms with E-state index in [2.05, 4.69) is 9.97 Å². The van der Waals surface area contributed by atoms with Crippen LogP contribution in [-0.4, -0.2) is 27.3 Å². The zero-order valence-electron chi connectivity index (χ0n) is 9.53. The minimum Gasteiger partial charge on any atom is -0.482 e. The van der Waals surface area contributed by atoms with Crippen molar-refractivity contribution in [3.8, 4) is 5.75 Å². The Morgan fingerprint density at radius 3 is 2.78 bits per heavy atom. The highest BCUT2D eigenvalue weighted by atomic mass is 19.4. The molecule has 8 heteroatoms. The summed E-state index contributed by atoms with van der Waals surface area (Å²) in [5.41, 5.74) is 6.20. The SMILES string of the molecule is Cn1c(CN)nc2c(OCC(F)(F)F)ccnc21. The second-order valence-corrected chi connectivity index (χ2v) is 3.68. The summed E-state index contributed by atoms with van der Waals surface area (Å²) in [5.74, 6) is 0.577. The average Bonchev–Trinajstić information content (AvgIpc) is 2.63. The molecule has 0 radical (unpaired) electrons. The third-order valence-electron chi connectivity index (χ3n) is 2.39. The fraction of sp³-hybridized carbons (Fsp3) is 0.400. The van der Waals surface area contributed by atoms with E-state index in [4.69, 9.17) is 10.5 Å². The number of ether oxygens (including phenoxy) is 1. The number of nitrogens with zero attached hydrogens (tertiary/aromatic N) is 3. The van der Waals surface area contributed by atoms with Gasteiger partial charge in [0.1, 0.15) is 11.3 Å². The van der Waals surface area contributed by atoms with Crippen molar-refractivity contribution >= 4 is 11.2 Å². The molecule has 2 N–H and O–H groups in total. The molecule has 0 aliphatic carbocycles. The molecular formula is C10H11F3N4O. The summed E-state index contributed by atoms with van der Waals surface area (Å²) in [6, 6.07) is 1.35. The Morgan fingerprint density at radius 2 is 2.17 bits per heavy atom. The highest BCUT2D eigenvalue weighted by molar-refractivity contribution is 5.78. The van der Waals surface area contributed by atoms with Crippen molar-refractivity contribution in [3.63, 3.8) is 0 Å². The fourth-order valence-electron chi connectivity index (χ4n) is 1.56. The van der Waals surface area contributed by atoms with Crippen molar-refractivity contribution in [2.45, 2.75) is 12.7 Å². The maximum atomic E-state index is 12.1. The molecule has 0 aromatic carbocycles. The number of hydrogen-bond acceptors (Lipinski definition) is 4. The predicted molar refractivity (Wildman–Crippen MR) is 58.0 cm³/mol. The third-order valence-corrected chi connectivity index (χ3v) is 2.39. The van der Waals surface area contributed by atoms with Crippen LogP contribution < -0.4 is 10.5 Å². The van der Waals surface area contributed by atoms with E-state index in [9.17, 15) is 13.2 Å². The lowest BCUT2D eigenvalue weighted by Gasteiger charge is -2.08. The van der Waals surface area contributed by atoms with Crippen LogP contribution in [0.1, 0.15) is 5.82 Å². The molecule has 0 saturated heterocycles. The Balaban J connectivity index is 2.39. The van der Waals surface area contributed by atoms with E-state index in [1.807, 2.05) is 0 Å². The number of aromatic nitrogens is 3. The summed E-state index contributed by atoms with van der Waals surface area (Å²) in [6.45, 7) is -1.19. The molecule has 0 spiro atoms. The molecule has 0 atom stereocenters. The maximum Gasteiger partial charge on any atom is 0.422 e. The molecular weight excluding hydrogens is 249 g/mol. The van der Waals surface area contributed by atoms with E-state index >= 15 is 0 Å². The number of fused-ring (bicyclic) bond motifs is 1. The zero-order valence-corrected chi connectivity index (χ0v) is 9.53. The van der Waals surface area contributed by atoms with Crippen LogP contribution >= 0.6 is 0 Å². The highest BCUT2D eigenvalue weighted by Crippen LogP contribution is 2.25. The normalized spacial score (nSPS) is 12.1. The number of pyridine rings is 1. The van der Waals surface area contributed by atoms with Crippen LogP contribution in [0.15, 0.2) is 12.3 Å². The Hall–Kier alpha value is -1.83. The Kier molecular flexibility index (Phi) is 3.12. The van der Waals surface area contributed by atoms with Crippen LogP contribution in [0.3, 0.4) is 0 Å². The first-order chi connectivity index (χ1) is 8.42. The minimum absolute atomic E-state index is 0.0487. The van der Waals surface area contributed by atoms with Gasteiger partial charge >= 0.3 is 6.18 Å². The molecule has 18 heavy (non-hydrogen) atoms. The smallest absolute Gasteiger partial charge is 0.422 e. The first kappa shape index (κ1) is 12.6. The number of alkyl halides is 3. The van der Waals surface area contributed by atoms with Crippen molar-refractivity contribution in [2.24, 2.45) is 12.8 Å². The van der Waals surface area contributed by atoms with Crippen LogP contribution in [0.25, 0.3) is 11.2 Å². The monoisotopic (exact) mass is 260 g/mol. The second kappa shape index (κ2) is 4.45. The van der Waals surface area contributed by atoms with Gasteiger partial charge in [-0.3, -0.25) is 0 Å². The molecule has 0 unspecified atom stereocenters. The number of imidazole rings is 1. The standard InChI is InChI=1S/C10H11F3N4O/c1-17-7(4-14)16-8-6(2-3-15-9(8)17)18-5-10(11,12)13/h2-3H,4-5,14H2,1H3. The molecule has 0 amide bonds. The van der Waals surface area contributed by atoms with Gasteiger partial charge in [0, 0.05) is 19.3 Å². The number of hydrogen-bond donors (Lipinski definition) is 1. The van der Waals surface area contributed by atoms with Crippen LogP contribution in [0.2, 0.25) is 0 Å². The lowest BCUT2D eigenvalue weighted by Crippen LogP contribution is -2.19. The van der Waals surface area contributed by atoms with Crippen LogP contribution in [0, 0.1) is 0 Å². The summed E-state index contributed by atoms with van der Waals surface area (Å²) in [4.78, 5) is 8.15. The topological polar surface area (TPSA) is 66.0 Å². The molecule has 0 bridgehead atoms. The second-order valence-electron chi connectivity index (χ2n) is 3.68. The van der Waals surface area contributed by atoms with E-state index < -0.39 is 12.8 Å². The summed E-state index contributed by atoms with van der Waals surface area (Å²) in [7, 11) is 1.69. The Labute approximate surface area is 100 Å². The Morgan fingerprint density at radius 1 is 1.44 bits per heavy atom. The summed E-state index contributed by atoms with van der Waals surface area (Å²) < 4.78 is 42.7. The minimum atomic E-state index is -4.39. The number of halogens is 3. The largest absolute Gasteiger partial charge is 0.482 e. The van der Waals surface area contributed by atoms with Gasteiger partial charge in [0.05, 0.1) is 6.54 Å². The lowest BCUT2D eigenvalue weighted by molar-refractivity contribution is -0.153. The van der Waals surface area contributed by atoms with Gasteiger partial charge in [-0.1, -0.05) is 0 Å². The van der Waals surface area contributed by atoms with E-state index in [1.165, 1.54) is 12.3 Å². The Bertz CT molecular complexity index is 564. The predicted octanol–water partition coefficient (Wildman–Crippen LogP) is 1.37. The molecule has 0 aliphatic rings. The van der Waals surface area contributed by atoms with Gasteiger partial charge in [0.25, 0.3) is 0 Å². The van der Waals surface area contributed by atoms with E-state index in [-0.39, 0.29) is 17.8 Å². The van der Waals surface area contributed by atoms with Gasteiger partial charge in [-0.15, -0.1) is 0 Å². The average molecular weight is 260 g/mol. The molecule has 2 rings (SSSR count). The molecule has 98 valence electrons. The zero-order chi connectivity index (χ0) is 13.3. The highest BCUT2D eigenvalue weighted by Gasteiger charge is 2.29. The maximum absolute atomic E-state index is 12.1. The van der Waals surface area contributed by atoms with Gasteiger partial charge in [-0.2, -0.15) is 13.2 Å². The first-order valence-corrected chi connectivity index (χ1v) is 5.12. The molecule has 2 heterocycles. The molecule has 2 aromatic rings. The van der Waals surface area contributed by atoms with Crippen molar-refractivity contribution in [1.29, 1.82) is 0 Å². The van der Waals surface area contributed by atoms with Gasteiger partial charge < -0.3 is 15.0 Å². The molecule has 0 fully saturated rings. The van der Waals surface area contributed by atoms with E-state index in [0.29, 0.717) is 11.5 Å². The van der Waals surface area contributed by atoms with E-state index in [0.717, 1.165) is 0 Å². The number of nitrogens with two attached hydrogens (primary N) is 1. The van der Waals surface area contributed by atoms with Crippen molar-refractivity contribution in [1.82, 2.24) is 14.5 Å². The number of aryl methyl sites for hydroxylation is 1. The third kappa shape index (κ3) is 2.37. The summed E-state index contributed by atoms with van der Waals surface area (Å²) in [5, 5.41) is 0. The van der Waals surface area contributed by atoms with Crippen molar-refractivity contribution in [3.05, 3.63) is 18.1 Å². The van der Waals surface area contributed by atoms with Gasteiger partial charge in [0.2, 0.25) is 0 Å².